The SMILES string of the molecule is CNC(=O)CNC(=O)c1cccc(S(=O)(=O)N(Cc2ccccc2)c2ccccc2)c1. The van der Waals surface area contributed by atoms with Gasteiger partial charge in [-0.1, -0.05) is 54.6 Å². The first-order valence-corrected chi connectivity index (χ1v) is 11.1. The van der Waals surface area contributed by atoms with Crippen LogP contribution in [0.5, 0.6) is 0 Å². The van der Waals surface area contributed by atoms with Crippen LogP contribution in [0.4, 0.5) is 5.69 Å². The van der Waals surface area contributed by atoms with E-state index in [2.05, 4.69) is 10.6 Å². The molecule has 8 heteroatoms. The van der Waals surface area contributed by atoms with Crippen molar-refractivity contribution < 1.29 is 18.0 Å². The molecule has 0 aliphatic carbocycles. The largest absolute Gasteiger partial charge is 0.358 e. The van der Waals surface area contributed by atoms with Crippen LogP contribution in [0.25, 0.3) is 0 Å². The Kier molecular flexibility index (Phi) is 7.04. The van der Waals surface area contributed by atoms with Crippen molar-refractivity contribution in [3.05, 3.63) is 96.1 Å². The number of carbonyl (C=O) groups is 2. The highest BCUT2D eigenvalue weighted by atomic mass is 32.2. The number of hydrogen-bond acceptors (Lipinski definition) is 4. The maximum absolute atomic E-state index is 13.6. The molecule has 0 radical (unpaired) electrons. The second-order valence-corrected chi connectivity index (χ2v) is 8.58. The molecule has 2 N–H and O–H groups in total. The molecule has 0 bridgehead atoms. The first-order chi connectivity index (χ1) is 14.9. The van der Waals surface area contributed by atoms with E-state index in [1.54, 1.807) is 24.3 Å². The van der Waals surface area contributed by atoms with E-state index in [0.717, 1.165) is 5.56 Å². The molecule has 0 unspecified atom stereocenters. The summed E-state index contributed by atoms with van der Waals surface area (Å²) in [7, 11) is -2.51. The molecule has 0 aliphatic rings. The van der Waals surface area contributed by atoms with E-state index in [1.165, 1.54) is 35.6 Å². The quantitative estimate of drug-likeness (QED) is 0.566. The van der Waals surface area contributed by atoms with Crippen LogP contribution in [0.1, 0.15) is 15.9 Å². The van der Waals surface area contributed by atoms with E-state index in [-0.39, 0.29) is 29.5 Å². The molecular weight excluding hydrogens is 414 g/mol. The highest BCUT2D eigenvalue weighted by molar-refractivity contribution is 7.92. The number of anilines is 1. The lowest BCUT2D eigenvalue weighted by Gasteiger charge is -2.25. The van der Waals surface area contributed by atoms with E-state index < -0.39 is 15.9 Å². The van der Waals surface area contributed by atoms with Crippen LogP contribution in [0, 0.1) is 0 Å². The normalized spacial score (nSPS) is 10.9. The molecule has 7 nitrogen and oxygen atoms in total. The number of nitrogens with zero attached hydrogens (tertiary/aromatic N) is 1. The van der Waals surface area contributed by atoms with E-state index in [0.29, 0.717) is 5.69 Å². The van der Waals surface area contributed by atoms with Gasteiger partial charge in [-0.15, -0.1) is 0 Å². The fourth-order valence-corrected chi connectivity index (χ4v) is 4.43. The fourth-order valence-electron chi connectivity index (χ4n) is 2.93. The molecule has 0 fully saturated rings. The minimum atomic E-state index is -3.97. The molecule has 0 spiro atoms. The highest BCUT2D eigenvalue weighted by Gasteiger charge is 2.26. The van der Waals surface area contributed by atoms with Gasteiger partial charge in [-0.2, -0.15) is 0 Å². The first-order valence-electron chi connectivity index (χ1n) is 9.62. The van der Waals surface area contributed by atoms with Gasteiger partial charge in [0, 0.05) is 12.6 Å². The van der Waals surface area contributed by atoms with Crippen molar-refractivity contribution in [2.45, 2.75) is 11.4 Å². The molecule has 160 valence electrons. The lowest BCUT2D eigenvalue weighted by molar-refractivity contribution is -0.119. The van der Waals surface area contributed by atoms with Gasteiger partial charge in [0.25, 0.3) is 15.9 Å². The van der Waals surface area contributed by atoms with E-state index in [1.807, 2.05) is 36.4 Å². The maximum atomic E-state index is 13.6. The third kappa shape index (κ3) is 5.49. The van der Waals surface area contributed by atoms with Crippen molar-refractivity contribution in [2.24, 2.45) is 0 Å². The number of sulfonamides is 1. The predicted molar refractivity (Wildman–Crippen MR) is 119 cm³/mol. The van der Waals surface area contributed by atoms with Crippen molar-refractivity contribution in [1.82, 2.24) is 10.6 Å². The zero-order valence-electron chi connectivity index (χ0n) is 17.0. The molecule has 2 amide bonds. The number of nitrogens with one attached hydrogen (secondary N) is 2. The summed E-state index contributed by atoms with van der Waals surface area (Å²) in [5.41, 5.74) is 1.49. The lowest BCUT2D eigenvalue weighted by atomic mass is 10.2. The molecule has 0 aliphatic heterocycles. The molecule has 0 saturated heterocycles. The Hall–Kier alpha value is -3.65. The van der Waals surface area contributed by atoms with Gasteiger partial charge < -0.3 is 10.6 Å². The third-order valence-corrected chi connectivity index (χ3v) is 6.36. The molecular formula is C23H23N3O4S. The minimum absolute atomic E-state index is 0.0140. The van der Waals surface area contributed by atoms with Crippen LogP contribution < -0.4 is 14.9 Å². The zero-order chi connectivity index (χ0) is 22.3. The molecule has 3 aromatic carbocycles. The van der Waals surface area contributed by atoms with Crippen LogP contribution in [0.2, 0.25) is 0 Å². The van der Waals surface area contributed by atoms with Crippen molar-refractivity contribution in [3.63, 3.8) is 0 Å². The summed E-state index contributed by atoms with van der Waals surface area (Å²) in [6.07, 6.45) is 0. The third-order valence-electron chi connectivity index (χ3n) is 4.59. The number of carbonyl (C=O) groups excluding carboxylic acids is 2. The van der Waals surface area contributed by atoms with Gasteiger partial charge in [-0.25, -0.2) is 8.42 Å². The molecule has 3 rings (SSSR count). The minimum Gasteiger partial charge on any atom is -0.358 e. The van der Waals surface area contributed by atoms with Crippen LogP contribution in [0.15, 0.2) is 89.8 Å². The molecule has 0 saturated carbocycles. The average molecular weight is 438 g/mol. The zero-order valence-corrected chi connectivity index (χ0v) is 17.8. The standard InChI is InChI=1S/C23H23N3O4S/c1-24-22(27)16-25-23(28)19-11-8-14-21(15-19)31(29,30)26(20-12-6-3-7-13-20)17-18-9-4-2-5-10-18/h2-15H,16-17H2,1H3,(H,24,27)(H,25,28). The van der Waals surface area contributed by atoms with Gasteiger partial charge in [0.1, 0.15) is 0 Å². The summed E-state index contributed by atoms with van der Waals surface area (Å²) in [6, 6.07) is 23.8. The van der Waals surface area contributed by atoms with E-state index in [4.69, 9.17) is 0 Å². The summed E-state index contributed by atoms with van der Waals surface area (Å²) in [5.74, 6) is -0.884. The first kappa shape index (κ1) is 22.0. The Labute approximate surface area is 181 Å². The molecule has 0 heterocycles. The Morgan fingerprint density at radius 1 is 0.871 bits per heavy atom. The second-order valence-electron chi connectivity index (χ2n) is 6.72. The van der Waals surface area contributed by atoms with Gasteiger partial charge in [0.05, 0.1) is 23.7 Å². The monoisotopic (exact) mass is 437 g/mol. The summed E-state index contributed by atoms with van der Waals surface area (Å²) < 4.78 is 28.4. The second kappa shape index (κ2) is 9.90. The van der Waals surface area contributed by atoms with Crippen LogP contribution >= 0.6 is 0 Å². The Balaban J connectivity index is 1.94. The number of likely N-dealkylation sites (N-methyl/N-ethyl adjacent to an activating group) is 1. The number of benzene rings is 3. The van der Waals surface area contributed by atoms with Crippen molar-refractivity contribution >= 4 is 27.5 Å². The topological polar surface area (TPSA) is 95.6 Å². The van der Waals surface area contributed by atoms with Gasteiger partial charge >= 0.3 is 0 Å². The van der Waals surface area contributed by atoms with Crippen LogP contribution in [-0.2, 0) is 21.4 Å². The number of amides is 2. The van der Waals surface area contributed by atoms with Gasteiger partial charge in [0.15, 0.2) is 0 Å². The van der Waals surface area contributed by atoms with Crippen molar-refractivity contribution in [1.29, 1.82) is 0 Å². The Morgan fingerprint density at radius 2 is 1.52 bits per heavy atom. The number of rotatable bonds is 8. The summed E-state index contributed by atoms with van der Waals surface area (Å²) in [5, 5.41) is 4.88. The molecule has 3 aromatic rings. The number of para-hydroxylation sites is 1. The molecule has 0 aromatic heterocycles. The Bertz CT molecular complexity index is 1150. The number of hydrogen-bond donors (Lipinski definition) is 2. The summed E-state index contributed by atoms with van der Waals surface area (Å²) in [4.78, 5) is 23.7. The maximum Gasteiger partial charge on any atom is 0.264 e. The van der Waals surface area contributed by atoms with Crippen LogP contribution in [-0.4, -0.2) is 33.8 Å². The van der Waals surface area contributed by atoms with E-state index >= 15 is 0 Å². The van der Waals surface area contributed by atoms with Crippen molar-refractivity contribution in [2.75, 3.05) is 17.9 Å². The van der Waals surface area contributed by atoms with Gasteiger partial charge in [0.2, 0.25) is 5.91 Å². The molecule has 31 heavy (non-hydrogen) atoms. The molecule has 0 atom stereocenters. The van der Waals surface area contributed by atoms with Gasteiger partial charge in [-0.3, -0.25) is 13.9 Å². The summed E-state index contributed by atoms with van der Waals surface area (Å²) in [6.45, 7) is -0.0588. The van der Waals surface area contributed by atoms with Crippen LogP contribution in [0.3, 0.4) is 0 Å². The lowest BCUT2D eigenvalue weighted by Crippen LogP contribution is -2.35. The average Bonchev–Trinajstić information content (AvgIpc) is 2.82. The Morgan fingerprint density at radius 3 is 2.16 bits per heavy atom. The van der Waals surface area contributed by atoms with E-state index in [9.17, 15) is 18.0 Å². The van der Waals surface area contributed by atoms with Gasteiger partial charge in [-0.05, 0) is 35.9 Å². The predicted octanol–water partition coefficient (Wildman–Crippen LogP) is 2.56. The highest BCUT2D eigenvalue weighted by Crippen LogP contribution is 2.26. The fraction of sp³-hybridized carbons (Fsp3) is 0.130. The smallest absolute Gasteiger partial charge is 0.264 e. The summed E-state index contributed by atoms with van der Waals surface area (Å²) >= 11 is 0. The van der Waals surface area contributed by atoms with Crippen molar-refractivity contribution in [3.8, 4) is 0 Å².